The van der Waals surface area contributed by atoms with Crippen molar-refractivity contribution in [3.05, 3.63) is 53.1 Å². The first-order valence-electron chi connectivity index (χ1n) is 7.81. The molecule has 0 aliphatic heterocycles. The van der Waals surface area contributed by atoms with Gasteiger partial charge in [0.05, 0.1) is 24.2 Å². The van der Waals surface area contributed by atoms with Gasteiger partial charge in [-0.05, 0) is 36.4 Å². The predicted octanol–water partition coefficient (Wildman–Crippen LogP) is 2.46. The number of halogens is 1. The molecule has 0 unspecified atom stereocenters. The lowest BCUT2D eigenvalue weighted by atomic mass is 10.2. The molecule has 144 valence electrons. The van der Waals surface area contributed by atoms with Crippen LogP contribution in [0.25, 0.3) is 0 Å². The minimum absolute atomic E-state index is 0.0369. The van der Waals surface area contributed by atoms with Gasteiger partial charge in [-0.2, -0.15) is 0 Å². The van der Waals surface area contributed by atoms with Gasteiger partial charge in [-0.15, -0.1) is 0 Å². The largest absolute Gasteiger partial charge is 0.495 e. The molecule has 2 rings (SSSR count). The van der Waals surface area contributed by atoms with Crippen LogP contribution in [0.2, 0.25) is 5.02 Å². The molecule has 0 aromatic heterocycles. The quantitative estimate of drug-likeness (QED) is 0.789. The van der Waals surface area contributed by atoms with Crippen molar-refractivity contribution in [3.63, 3.8) is 0 Å². The summed E-state index contributed by atoms with van der Waals surface area (Å²) in [7, 11) is -0.526. The number of amides is 2. The fraction of sp³-hybridized carbons (Fsp3) is 0.222. The summed E-state index contributed by atoms with van der Waals surface area (Å²) in [4.78, 5) is 26.0. The number of sulfone groups is 1. The lowest BCUT2D eigenvalue weighted by molar-refractivity contribution is -0.116. The van der Waals surface area contributed by atoms with Gasteiger partial charge in [-0.1, -0.05) is 17.7 Å². The maximum Gasteiger partial charge on any atom is 0.254 e. The lowest BCUT2D eigenvalue weighted by Gasteiger charge is -2.18. The van der Waals surface area contributed by atoms with Crippen molar-refractivity contribution in [3.8, 4) is 5.75 Å². The molecule has 9 heteroatoms. The summed E-state index contributed by atoms with van der Waals surface area (Å²) in [5, 5.41) is 3.06. The molecule has 0 saturated heterocycles. The minimum Gasteiger partial charge on any atom is -0.495 e. The van der Waals surface area contributed by atoms with Gasteiger partial charge in [0.25, 0.3) is 5.91 Å². The Hall–Kier alpha value is -2.58. The van der Waals surface area contributed by atoms with Crippen molar-refractivity contribution in [1.29, 1.82) is 0 Å². The number of carbonyl (C=O) groups excluding carboxylic acids is 2. The maximum atomic E-state index is 12.5. The Morgan fingerprint density at radius 2 is 1.89 bits per heavy atom. The summed E-state index contributed by atoms with van der Waals surface area (Å²) in [5.41, 5.74) is 0.559. The van der Waals surface area contributed by atoms with E-state index in [9.17, 15) is 18.0 Å². The average molecular weight is 411 g/mol. The summed E-state index contributed by atoms with van der Waals surface area (Å²) in [6.45, 7) is -0.238. The van der Waals surface area contributed by atoms with Gasteiger partial charge in [0.15, 0.2) is 9.84 Å². The SMILES string of the molecule is COc1ccc(Cl)cc1NC(=O)CN(C)C(=O)c1cccc(S(C)(=O)=O)c1. The summed E-state index contributed by atoms with van der Waals surface area (Å²) in [6.07, 6.45) is 1.06. The van der Waals surface area contributed by atoms with Gasteiger partial charge in [0.1, 0.15) is 5.75 Å². The molecule has 0 spiro atoms. The van der Waals surface area contributed by atoms with E-state index in [-0.39, 0.29) is 17.0 Å². The van der Waals surface area contributed by atoms with Crippen LogP contribution in [-0.2, 0) is 14.6 Å². The lowest BCUT2D eigenvalue weighted by Crippen LogP contribution is -2.35. The molecule has 2 amide bonds. The summed E-state index contributed by atoms with van der Waals surface area (Å²) in [6, 6.07) is 10.4. The normalized spacial score (nSPS) is 11.0. The second-order valence-corrected chi connectivity index (χ2v) is 8.31. The molecular weight excluding hydrogens is 392 g/mol. The zero-order chi connectivity index (χ0) is 20.2. The van der Waals surface area contributed by atoms with E-state index >= 15 is 0 Å². The first kappa shape index (κ1) is 20.7. The Kier molecular flexibility index (Phi) is 6.45. The van der Waals surface area contributed by atoms with Gasteiger partial charge < -0.3 is 15.0 Å². The number of hydrogen-bond donors (Lipinski definition) is 1. The first-order valence-corrected chi connectivity index (χ1v) is 10.1. The Morgan fingerprint density at radius 1 is 1.19 bits per heavy atom. The van der Waals surface area contributed by atoms with Crippen LogP contribution in [-0.4, -0.2) is 52.1 Å². The van der Waals surface area contributed by atoms with E-state index in [0.29, 0.717) is 16.5 Å². The standard InChI is InChI=1S/C18H19ClN2O5S/c1-21(18(23)12-5-4-6-14(9-12)27(3,24)25)11-17(22)20-15-10-13(19)7-8-16(15)26-2/h4-10H,11H2,1-3H3,(H,20,22). The highest BCUT2D eigenvalue weighted by Crippen LogP contribution is 2.27. The fourth-order valence-corrected chi connectivity index (χ4v) is 3.17. The van der Waals surface area contributed by atoms with E-state index in [0.717, 1.165) is 6.26 Å². The van der Waals surface area contributed by atoms with Crippen molar-refractivity contribution < 1.29 is 22.7 Å². The number of hydrogen-bond acceptors (Lipinski definition) is 5. The van der Waals surface area contributed by atoms with Crippen LogP contribution in [0.4, 0.5) is 5.69 Å². The average Bonchev–Trinajstić information content (AvgIpc) is 2.60. The van der Waals surface area contributed by atoms with Gasteiger partial charge in [0.2, 0.25) is 5.91 Å². The number of carbonyl (C=O) groups is 2. The highest BCUT2D eigenvalue weighted by molar-refractivity contribution is 7.90. The molecule has 0 fully saturated rings. The van der Waals surface area contributed by atoms with Crippen LogP contribution >= 0.6 is 11.6 Å². The number of nitrogens with one attached hydrogen (secondary N) is 1. The van der Waals surface area contributed by atoms with Crippen molar-refractivity contribution in [2.75, 3.05) is 32.3 Å². The van der Waals surface area contributed by atoms with E-state index in [2.05, 4.69) is 5.32 Å². The predicted molar refractivity (Wildman–Crippen MR) is 103 cm³/mol. The molecule has 0 radical (unpaired) electrons. The van der Waals surface area contributed by atoms with E-state index in [1.54, 1.807) is 12.1 Å². The summed E-state index contributed by atoms with van der Waals surface area (Å²) >= 11 is 5.92. The van der Waals surface area contributed by atoms with Gasteiger partial charge in [-0.3, -0.25) is 9.59 Å². The fourth-order valence-electron chi connectivity index (χ4n) is 2.33. The Labute approximate surface area is 162 Å². The number of nitrogens with zero attached hydrogens (tertiary/aromatic N) is 1. The number of benzene rings is 2. The number of methoxy groups -OCH3 is 1. The monoisotopic (exact) mass is 410 g/mol. The topological polar surface area (TPSA) is 92.8 Å². The molecule has 0 aliphatic rings. The first-order chi connectivity index (χ1) is 12.6. The molecular formula is C18H19ClN2O5S. The molecule has 1 N–H and O–H groups in total. The maximum absolute atomic E-state index is 12.5. The number of ether oxygens (including phenoxy) is 1. The third kappa shape index (κ3) is 5.45. The zero-order valence-corrected chi connectivity index (χ0v) is 16.6. The van der Waals surface area contributed by atoms with Crippen LogP contribution in [0.15, 0.2) is 47.4 Å². The molecule has 0 bridgehead atoms. The summed E-state index contributed by atoms with van der Waals surface area (Å²) in [5.74, 6) is -0.498. The highest BCUT2D eigenvalue weighted by Gasteiger charge is 2.18. The number of rotatable bonds is 6. The molecule has 0 saturated carbocycles. The van der Waals surface area contributed by atoms with Gasteiger partial charge >= 0.3 is 0 Å². The van der Waals surface area contributed by atoms with E-state index < -0.39 is 21.7 Å². The van der Waals surface area contributed by atoms with Crippen molar-refractivity contribution >= 4 is 38.9 Å². The van der Waals surface area contributed by atoms with E-state index in [4.69, 9.17) is 16.3 Å². The van der Waals surface area contributed by atoms with Gasteiger partial charge in [0, 0.05) is 23.9 Å². The molecule has 2 aromatic carbocycles. The molecule has 27 heavy (non-hydrogen) atoms. The number of anilines is 1. The molecule has 7 nitrogen and oxygen atoms in total. The van der Waals surface area contributed by atoms with Crippen molar-refractivity contribution in [2.24, 2.45) is 0 Å². The third-order valence-electron chi connectivity index (χ3n) is 3.67. The second-order valence-electron chi connectivity index (χ2n) is 5.85. The Bertz CT molecular complexity index is 975. The molecule has 0 heterocycles. The van der Waals surface area contributed by atoms with Crippen molar-refractivity contribution in [1.82, 2.24) is 4.90 Å². The molecule has 2 aromatic rings. The minimum atomic E-state index is -3.44. The Morgan fingerprint density at radius 3 is 2.52 bits per heavy atom. The smallest absolute Gasteiger partial charge is 0.254 e. The van der Waals surface area contributed by atoms with Gasteiger partial charge in [-0.25, -0.2) is 8.42 Å². The van der Waals surface area contributed by atoms with Crippen LogP contribution in [0.5, 0.6) is 5.75 Å². The number of likely N-dealkylation sites (N-methyl/N-ethyl adjacent to an activating group) is 1. The molecule has 0 atom stereocenters. The summed E-state index contributed by atoms with van der Waals surface area (Å²) < 4.78 is 28.4. The van der Waals surface area contributed by atoms with Crippen LogP contribution < -0.4 is 10.1 Å². The second kappa shape index (κ2) is 8.41. The van der Waals surface area contributed by atoms with Crippen molar-refractivity contribution in [2.45, 2.75) is 4.90 Å². The van der Waals surface area contributed by atoms with Crippen LogP contribution in [0.1, 0.15) is 10.4 Å². The zero-order valence-electron chi connectivity index (χ0n) is 15.0. The van der Waals surface area contributed by atoms with E-state index in [1.165, 1.54) is 49.4 Å². The Balaban J connectivity index is 2.11. The van der Waals surface area contributed by atoms with E-state index in [1.807, 2.05) is 0 Å². The highest BCUT2D eigenvalue weighted by atomic mass is 35.5. The van der Waals surface area contributed by atoms with Crippen LogP contribution in [0, 0.1) is 0 Å². The van der Waals surface area contributed by atoms with Crippen LogP contribution in [0.3, 0.4) is 0 Å². The molecule has 0 aliphatic carbocycles. The third-order valence-corrected chi connectivity index (χ3v) is 5.02.